The lowest BCUT2D eigenvalue weighted by atomic mass is 9.92. The van der Waals surface area contributed by atoms with Gasteiger partial charge in [-0.15, -0.1) is 11.8 Å². The second-order valence-electron chi connectivity index (χ2n) is 6.63. The number of likely N-dealkylation sites (tertiary alicyclic amines) is 1. The molecule has 2 saturated heterocycles. The largest absolute Gasteiger partial charge is 0.471 e. The molecule has 22 heavy (non-hydrogen) atoms. The van der Waals surface area contributed by atoms with Gasteiger partial charge >= 0.3 is 0 Å². The summed E-state index contributed by atoms with van der Waals surface area (Å²) >= 11 is 1.85. The van der Waals surface area contributed by atoms with Gasteiger partial charge < -0.3 is 9.64 Å². The van der Waals surface area contributed by atoms with Crippen molar-refractivity contribution in [2.75, 3.05) is 18.8 Å². The Bertz CT molecular complexity index is 587. The summed E-state index contributed by atoms with van der Waals surface area (Å²) in [6, 6.07) is 2.92. The fourth-order valence-electron chi connectivity index (χ4n) is 3.24. The Kier molecular flexibility index (Phi) is 3.51. The SMILES string of the molecule is O=C(CC1CC1)N1CC2(C[C@H](Oc3ncccc3F)CS2)C1. The van der Waals surface area contributed by atoms with Crippen LogP contribution in [0.1, 0.15) is 25.7 Å². The molecule has 1 aliphatic carbocycles. The number of hydrogen-bond acceptors (Lipinski definition) is 4. The van der Waals surface area contributed by atoms with Gasteiger partial charge in [0.1, 0.15) is 6.10 Å². The van der Waals surface area contributed by atoms with Crippen molar-refractivity contribution in [1.82, 2.24) is 9.88 Å². The number of pyridine rings is 1. The van der Waals surface area contributed by atoms with E-state index in [9.17, 15) is 9.18 Å². The second kappa shape index (κ2) is 5.41. The Hall–Kier alpha value is -1.30. The van der Waals surface area contributed by atoms with Gasteiger partial charge in [0.15, 0.2) is 5.82 Å². The third-order valence-corrected chi connectivity index (χ3v) is 6.22. The van der Waals surface area contributed by atoms with Crippen molar-refractivity contribution in [2.24, 2.45) is 5.92 Å². The average Bonchev–Trinajstić information content (AvgIpc) is 3.16. The molecule has 1 aromatic rings. The summed E-state index contributed by atoms with van der Waals surface area (Å²) in [6.07, 6.45) is 5.53. The molecule has 1 aromatic heterocycles. The first-order valence-electron chi connectivity index (χ1n) is 7.82. The molecule has 6 heteroatoms. The van der Waals surface area contributed by atoms with Crippen LogP contribution in [0, 0.1) is 11.7 Å². The van der Waals surface area contributed by atoms with Crippen molar-refractivity contribution in [3.8, 4) is 5.88 Å². The second-order valence-corrected chi connectivity index (χ2v) is 8.11. The van der Waals surface area contributed by atoms with Gasteiger partial charge in [-0.05, 0) is 30.9 Å². The van der Waals surface area contributed by atoms with Crippen molar-refractivity contribution in [2.45, 2.75) is 36.5 Å². The zero-order valence-corrected chi connectivity index (χ0v) is 13.2. The standard InChI is InChI=1S/C16H19FN2O2S/c17-13-2-1-5-18-15(13)21-12-7-16(22-8-12)9-19(10-16)14(20)6-11-3-4-11/h1-2,5,11-12H,3-4,6-10H2/t12-/m0/s1. The summed E-state index contributed by atoms with van der Waals surface area (Å²) in [6.45, 7) is 1.63. The lowest BCUT2D eigenvalue weighted by Gasteiger charge is -2.47. The molecule has 1 spiro atoms. The van der Waals surface area contributed by atoms with E-state index in [0.29, 0.717) is 11.8 Å². The van der Waals surface area contributed by atoms with Crippen LogP contribution in [-0.4, -0.2) is 45.5 Å². The monoisotopic (exact) mass is 322 g/mol. The van der Waals surface area contributed by atoms with Crippen LogP contribution in [0.15, 0.2) is 18.3 Å². The number of rotatable bonds is 4. The van der Waals surface area contributed by atoms with Crippen LogP contribution >= 0.6 is 11.8 Å². The molecule has 118 valence electrons. The first-order valence-corrected chi connectivity index (χ1v) is 8.81. The van der Waals surface area contributed by atoms with Crippen molar-refractivity contribution >= 4 is 17.7 Å². The molecule has 0 aromatic carbocycles. The highest BCUT2D eigenvalue weighted by Gasteiger charge is 2.51. The molecular weight excluding hydrogens is 303 g/mol. The Balaban J connectivity index is 1.30. The molecule has 4 rings (SSSR count). The molecule has 4 nitrogen and oxygen atoms in total. The molecule has 1 saturated carbocycles. The first-order chi connectivity index (χ1) is 10.6. The molecular formula is C16H19FN2O2S. The number of aromatic nitrogens is 1. The van der Waals surface area contributed by atoms with Gasteiger partial charge in [0, 0.05) is 37.9 Å². The number of halogens is 1. The smallest absolute Gasteiger partial charge is 0.250 e. The summed E-state index contributed by atoms with van der Waals surface area (Å²) in [4.78, 5) is 18.0. The summed E-state index contributed by atoms with van der Waals surface area (Å²) < 4.78 is 19.4. The van der Waals surface area contributed by atoms with Crippen LogP contribution in [-0.2, 0) is 4.79 Å². The number of carbonyl (C=O) groups excluding carboxylic acids is 1. The highest BCUT2D eigenvalue weighted by Crippen LogP contribution is 2.46. The Morgan fingerprint density at radius 1 is 1.50 bits per heavy atom. The quantitative estimate of drug-likeness (QED) is 0.854. The van der Waals surface area contributed by atoms with Crippen LogP contribution in [0.25, 0.3) is 0 Å². The van der Waals surface area contributed by atoms with Gasteiger partial charge in [-0.2, -0.15) is 0 Å². The summed E-state index contributed by atoms with van der Waals surface area (Å²) in [5.41, 5.74) is 0. The first kappa shape index (κ1) is 14.3. The topological polar surface area (TPSA) is 42.4 Å². The zero-order chi connectivity index (χ0) is 15.2. The van der Waals surface area contributed by atoms with Gasteiger partial charge in [0.25, 0.3) is 5.88 Å². The van der Waals surface area contributed by atoms with Crippen LogP contribution in [0.3, 0.4) is 0 Å². The molecule has 3 fully saturated rings. The van der Waals surface area contributed by atoms with Crippen LogP contribution < -0.4 is 4.74 Å². The van der Waals surface area contributed by atoms with E-state index in [-0.39, 0.29) is 16.7 Å². The highest BCUT2D eigenvalue weighted by atomic mass is 32.2. The molecule has 0 bridgehead atoms. The molecule has 1 atom stereocenters. The average molecular weight is 322 g/mol. The van der Waals surface area contributed by atoms with Gasteiger partial charge in [0.2, 0.25) is 5.91 Å². The minimum atomic E-state index is -0.414. The minimum absolute atomic E-state index is 0.0184. The van der Waals surface area contributed by atoms with E-state index in [1.54, 1.807) is 6.07 Å². The molecule has 0 N–H and O–H groups in total. The van der Waals surface area contributed by atoms with Gasteiger partial charge in [-0.25, -0.2) is 9.37 Å². The molecule has 2 aliphatic heterocycles. The Morgan fingerprint density at radius 3 is 3.05 bits per heavy atom. The maximum absolute atomic E-state index is 13.6. The van der Waals surface area contributed by atoms with E-state index in [4.69, 9.17) is 4.74 Å². The van der Waals surface area contributed by atoms with Crippen molar-refractivity contribution in [1.29, 1.82) is 0 Å². The van der Waals surface area contributed by atoms with E-state index < -0.39 is 5.82 Å². The predicted octanol–water partition coefficient (Wildman–Crippen LogP) is 2.49. The fourth-order valence-corrected chi connectivity index (χ4v) is 4.76. The van der Waals surface area contributed by atoms with Gasteiger partial charge in [0.05, 0.1) is 4.75 Å². The molecule has 3 heterocycles. The third kappa shape index (κ3) is 2.81. The van der Waals surface area contributed by atoms with Gasteiger partial charge in [-0.3, -0.25) is 4.79 Å². The van der Waals surface area contributed by atoms with E-state index in [0.717, 1.165) is 31.7 Å². The minimum Gasteiger partial charge on any atom is -0.471 e. The van der Waals surface area contributed by atoms with Crippen molar-refractivity contribution < 1.29 is 13.9 Å². The number of hydrogen-bond donors (Lipinski definition) is 0. The van der Waals surface area contributed by atoms with Crippen LogP contribution in [0.5, 0.6) is 5.88 Å². The number of nitrogens with zero attached hydrogens (tertiary/aromatic N) is 2. The maximum Gasteiger partial charge on any atom is 0.250 e. The number of amides is 1. The fraction of sp³-hybridized carbons (Fsp3) is 0.625. The summed E-state index contributed by atoms with van der Waals surface area (Å²) in [5.74, 6) is 1.45. The van der Waals surface area contributed by atoms with E-state index >= 15 is 0 Å². The third-order valence-electron chi connectivity index (χ3n) is 4.65. The van der Waals surface area contributed by atoms with Crippen molar-refractivity contribution in [3.05, 3.63) is 24.1 Å². The highest BCUT2D eigenvalue weighted by molar-refractivity contribution is 8.01. The van der Waals surface area contributed by atoms with E-state index in [1.807, 2.05) is 16.7 Å². The maximum atomic E-state index is 13.6. The molecule has 1 amide bonds. The van der Waals surface area contributed by atoms with E-state index in [2.05, 4.69) is 4.98 Å². The molecule has 0 unspecified atom stereocenters. The molecule has 0 radical (unpaired) electrons. The van der Waals surface area contributed by atoms with Gasteiger partial charge in [-0.1, -0.05) is 0 Å². The number of ether oxygens (including phenoxy) is 1. The summed E-state index contributed by atoms with van der Waals surface area (Å²) in [5, 5.41) is 0. The Labute approximate surface area is 133 Å². The lowest BCUT2D eigenvalue weighted by molar-refractivity contribution is -0.136. The van der Waals surface area contributed by atoms with Crippen LogP contribution in [0.4, 0.5) is 4.39 Å². The van der Waals surface area contributed by atoms with E-state index in [1.165, 1.54) is 25.1 Å². The lowest BCUT2D eigenvalue weighted by Crippen LogP contribution is -2.60. The predicted molar refractivity (Wildman–Crippen MR) is 82.3 cm³/mol. The Morgan fingerprint density at radius 2 is 2.32 bits per heavy atom. The van der Waals surface area contributed by atoms with Crippen molar-refractivity contribution in [3.63, 3.8) is 0 Å². The summed E-state index contributed by atoms with van der Waals surface area (Å²) in [7, 11) is 0. The number of carbonyl (C=O) groups is 1. The normalized spacial score (nSPS) is 26.0. The number of thioether (sulfide) groups is 1. The van der Waals surface area contributed by atoms with Crippen LogP contribution in [0.2, 0.25) is 0 Å². The zero-order valence-electron chi connectivity index (χ0n) is 12.3. The molecule has 3 aliphatic rings.